The lowest BCUT2D eigenvalue weighted by Gasteiger charge is -2.06. The second-order valence-electron chi connectivity index (χ2n) is 3.15. The Kier molecular flexibility index (Phi) is 3.21. The number of rotatable bonds is 4. The van der Waals surface area contributed by atoms with Crippen LogP contribution in [0.2, 0.25) is 5.02 Å². The average Bonchev–Trinajstić information content (AvgIpc) is 2.77. The molecule has 2 heterocycles. The van der Waals surface area contributed by atoms with Gasteiger partial charge in [-0.05, 0) is 0 Å². The predicted octanol–water partition coefficient (Wildman–Crippen LogP) is 0.732. The summed E-state index contributed by atoms with van der Waals surface area (Å²) in [4.78, 5) is 15.0. The highest BCUT2D eigenvalue weighted by molar-refractivity contribution is 6.32. The van der Waals surface area contributed by atoms with Crippen molar-refractivity contribution in [2.75, 3.05) is 11.9 Å². The van der Waals surface area contributed by atoms with Gasteiger partial charge in [-0.2, -0.15) is 5.10 Å². The Labute approximate surface area is 96.3 Å². The first-order valence-electron chi connectivity index (χ1n) is 4.70. The van der Waals surface area contributed by atoms with Crippen LogP contribution in [-0.4, -0.2) is 26.3 Å². The Balaban J connectivity index is 1.95. The molecule has 0 fully saturated rings. The van der Waals surface area contributed by atoms with Gasteiger partial charge in [-0.1, -0.05) is 11.6 Å². The summed E-state index contributed by atoms with van der Waals surface area (Å²) in [5.74, 6) is 0. The van der Waals surface area contributed by atoms with E-state index >= 15 is 0 Å². The number of nitrogens with zero attached hydrogens (tertiary/aromatic N) is 3. The fourth-order valence-corrected chi connectivity index (χ4v) is 1.40. The standard InChI is InChI=1S/C9H10ClN5O/c10-8-7(5-13-14-9(8)16)12-2-4-15-3-1-11-6-15/h1,3,5-6H,2,4H2,(H2,12,14,16). The number of aromatic amines is 1. The molecule has 0 aromatic carbocycles. The number of hydrogen-bond acceptors (Lipinski definition) is 4. The van der Waals surface area contributed by atoms with Crippen molar-refractivity contribution in [2.45, 2.75) is 6.54 Å². The fraction of sp³-hybridized carbons (Fsp3) is 0.222. The molecule has 0 aliphatic rings. The molecule has 6 nitrogen and oxygen atoms in total. The normalized spacial score (nSPS) is 10.3. The van der Waals surface area contributed by atoms with Crippen molar-refractivity contribution in [3.63, 3.8) is 0 Å². The van der Waals surface area contributed by atoms with Gasteiger partial charge in [-0.15, -0.1) is 0 Å². The molecule has 7 heteroatoms. The summed E-state index contributed by atoms with van der Waals surface area (Å²) in [7, 11) is 0. The van der Waals surface area contributed by atoms with Crippen LogP contribution in [0.3, 0.4) is 0 Å². The molecule has 0 spiro atoms. The number of imidazole rings is 1. The van der Waals surface area contributed by atoms with Crippen LogP contribution in [0.15, 0.2) is 29.7 Å². The summed E-state index contributed by atoms with van der Waals surface area (Å²) in [5, 5.41) is 9.06. The van der Waals surface area contributed by atoms with E-state index in [0.717, 1.165) is 6.54 Å². The fourth-order valence-electron chi connectivity index (χ4n) is 1.25. The van der Waals surface area contributed by atoms with E-state index in [1.807, 2.05) is 10.8 Å². The highest BCUT2D eigenvalue weighted by Gasteiger charge is 2.03. The first kappa shape index (κ1) is 10.7. The summed E-state index contributed by atoms with van der Waals surface area (Å²) in [5.41, 5.74) is 0.139. The van der Waals surface area contributed by atoms with Crippen LogP contribution in [0.4, 0.5) is 5.69 Å². The lowest BCUT2D eigenvalue weighted by atomic mass is 10.4. The van der Waals surface area contributed by atoms with E-state index in [1.54, 1.807) is 12.5 Å². The second-order valence-corrected chi connectivity index (χ2v) is 3.53. The summed E-state index contributed by atoms with van der Waals surface area (Å²) in [6, 6.07) is 0. The van der Waals surface area contributed by atoms with Crippen LogP contribution in [0, 0.1) is 0 Å². The predicted molar refractivity (Wildman–Crippen MR) is 60.6 cm³/mol. The van der Waals surface area contributed by atoms with E-state index in [-0.39, 0.29) is 5.02 Å². The molecule has 0 saturated carbocycles. The van der Waals surface area contributed by atoms with Crippen molar-refractivity contribution in [1.29, 1.82) is 0 Å². The molecular weight excluding hydrogens is 230 g/mol. The number of anilines is 1. The third-order valence-electron chi connectivity index (χ3n) is 2.04. The van der Waals surface area contributed by atoms with Gasteiger partial charge in [0.1, 0.15) is 5.02 Å². The van der Waals surface area contributed by atoms with E-state index in [4.69, 9.17) is 11.6 Å². The van der Waals surface area contributed by atoms with Crippen LogP contribution < -0.4 is 10.9 Å². The summed E-state index contributed by atoms with van der Waals surface area (Å²) in [6.45, 7) is 1.38. The molecule has 0 atom stereocenters. The Morgan fingerprint density at radius 2 is 2.44 bits per heavy atom. The maximum Gasteiger partial charge on any atom is 0.285 e. The van der Waals surface area contributed by atoms with Gasteiger partial charge in [0, 0.05) is 25.5 Å². The molecule has 2 N–H and O–H groups in total. The molecule has 2 aromatic rings. The molecule has 0 unspecified atom stereocenters. The molecule has 0 aliphatic heterocycles. The van der Waals surface area contributed by atoms with Crippen LogP contribution in [0.5, 0.6) is 0 Å². The zero-order valence-electron chi connectivity index (χ0n) is 8.35. The van der Waals surface area contributed by atoms with Gasteiger partial charge in [0.2, 0.25) is 0 Å². The van der Waals surface area contributed by atoms with Gasteiger partial charge in [0.15, 0.2) is 0 Å². The largest absolute Gasteiger partial charge is 0.381 e. The molecule has 0 radical (unpaired) electrons. The molecule has 0 amide bonds. The molecule has 2 rings (SSSR count). The quantitative estimate of drug-likeness (QED) is 0.825. The van der Waals surface area contributed by atoms with E-state index in [2.05, 4.69) is 20.5 Å². The van der Waals surface area contributed by atoms with Crippen LogP contribution >= 0.6 is 11.6 Å². The van der Waals surface area contributed by atoms with Crippen molar-refractivity contribution < 1.29 is 0 Å². The van der Waals surface area contributed by atoms with Gasteiger partial charge < -0.3 is 9.88 Å². The summed E-state index contributed by atoms with van der Waals surface area (Å²) >= 11 is 5.79. The van der Waals surface area contributed by atoms with Crippen molar-refractivity contribution in [3.8, 4) is 0 Å². The third kappa shape index (κ3) is 2.40. The van der Waals surface area contributed by atoms with Crippen LogP contribution in [0.25, 0.3) is 0 Å². The van der Waals surface area contributed by atoms with E-state index in [9.17, 15) is 4.79 Å². The Hall–Kier alpha value is -1.82. The number of hydrogen-bond donors (Lipinski definition) is 2. The minimum absolute atomic E-state index is 0.126. The monoisotopic (exact) mass is 239 g/mol. The lowest BCUT2D eigenvalue weighted by molar-refractivity contribution is 0.726. The van der Waals surface area contributed by atoms with Gasteiger partial charge >= 0.3 is 0 Å². The average molecular weight is 240 g/mol. The number of halogens is 1. The third-order valence-corrected chi connectivity index (χ3v) is 2.42. The SMILES string of the molecule is O=c1[nH]ncc(NCCn2ccnc2)c1Cl. The summed E-state index contributed by atoms with van der Waals surface area (Å²) < 4.78 is 1.92. The highest BCUT2D eigenvalue weighted by atomic mass is 35.5. The molecular formula is C9H10ClN5O. The molecule has 84 valence electrons. The van der Waals surface area contributed by atoms with Crippen molar-refractivity contribution in [2.24, 2.45) is 0 Å². The van der Waals surface area contributed by atoms with E-state index < -0.39 is 5.56 Å². The van der Waals surface area contributed by atoms with Crippen molar-refractivity contribution in [3.05, 3.63) is 40.3 Å². The zero-order valence-corrected chi connectivity index (χ0v) is 9.11. The number of H-pyrrole nitrogens is 1. The Morgan fingerprint density at radius 1 is 1.56 bits per heavy atom. The highest BCUT2D eigenvalue weighted by Crippen LogP contribution is 2.13. The molecule has 0 aliphatic carbocycles. The Morgan fingerprint density at radius 3 is 3.19 bits per heavy atom. The Bertz CT molecular complexity index is 507. The summed E-state index contributed by atoms with van der Waals surface area (Å²) in [6.07, 6.45) is 6.78. The maximum absolute atomic E-state index is 11.1. The second kappa shape index (κ2) is 4.80. The smallest absolute Gasteiger partial charge is 0.285 e. The van der Waals surface area contributed by atoms with Gasteiger partial charge in [-0.3, -0.25) is 4.79 Å². The lowest BCUT2D eigenvalue weighted by Crippen LogP contribution is -2.14. The topological polar surface area (TPSA) is 75.6 Å². The van der Waals surface area contributed by atoms with Crippen molar-refractivity contribution in [1.82, 2.24) is 19.7 Å². The van der Waals surface area contributed by atoms with E-state index in [0.29, 0.717) is 12.2 Å². The van der Waals surface area contributed by atoms with Gasteiger partial charge in [-0.25, -0.2) is 10.1 Å². The first-order chi connectivity index (χ1) is 7.77. The molecule has 0 bridgehead atoms. The molecule has 0 saturated heterocycles. The first-order valence-corrected chi connectivity index (χ1v) is 5.08. The number of nitrogens with one attached hydrogen (secondary N) is 2. The minimum Gasteiger partial charge on any atom is -0.381 e. The minimum atomic E-state index is -0.394. The van der Waals surface area contributed by atoms with Crippen molar-refractivity contribution >= 4 is 17.3 Å². The van der Waals surface area contributed by atoms with Gasteiger partial charge in [0.05, 0.1) is 18.2 Å². The van der Waals surface area contributed by atoms with Crippen LogP contribution in [-0.2, 0) is 6.54 Å². The van der Waals surface area contributed by atoms with Gasteiger partial charge in [0.25, 0.3) is 5.56 Å². The molecule has 16 heavy (non-hydrogen) atoms. The molecule has 2 aromatic heterocycles. The number of aromatic nitrogens is 4. The zero-order chi connectivity index (χ0) is 11.4. The van der Waals surface area contributed by atoms with E-state index in [1.165, 1.54) is 6.20 Å². The van der Waals surface area contributed by atoms with Crippen LogP contribution in [0.1, 0.15) is 0 Å². The maximum atomic E-state index is 11.1.